The summed E-state index contributed by atoms with van der Waals surface area (Å²) in [6.45, 7) is 7.72. The normalized spacial score (nSPS) is 26.4. The van der Waals surface area contributed by atoms with Crippen LogP contribution in [0.3, 0.4) is 0 Å². The Morgan fingerprint density at radius 1 is 1.33 bits per heavy atom. The number of carbonyl (C=O) groups excluding carboxylic acids is 1. The minimum Gasteiger partial charge on any atom is -0.338 e. The van der Waals surface area contributed by atoms with Crippen LogP contribution >= 0.6 is 11.8 Å². The fraction of sp³-hybridized carbons (Fsp3) is 0.579. The zero-order valence-corrected chi connectivity index (χ0v) is 16.7. The number of rotatable bonds is 4. The van der Waals surface area contributed by atoms with Gasteiger partial charge in [-0.2, -0.15) is 4.68 Å². The number of benzene rings is 1. The third-order valence-electron chi connectivity index (χ3n) is 5.55. The SMILES string of the molecule is CC1(C)C[C@@H]2C[C@@](C)(CN2C(=O)CSc2nnnn2-c2cccc(F)c2)C1. The maximum atomic E-state index is 13.5. The lowest BCUT2D eigenvalue weighted by atomic mass is 9.65. The lowest BCUT2D eigenvalue weighted by Crippen LogP contribution is -2.38. The molecule has 4 rings (SSSR count). The maximum absolute atomic E-state index is 13.5. The predicted molar refractivity (Wildman–Crippen MR) is 101 cm³/mol. The number of hydrogen-bond acceptors (Lipinski definition) is 5. The van der Waals surface area contributed by atoms with Gasteiger partial charge < -0.3 is 4.90 Å². The van der Waals surface area contributed by atoms with Crippen molar-refractivity contribution in [3.8, 4) is 5.69 Å². The Kier molecular flexibility index (Phi) is 4.49. The van der Waals surface area contributed by atoms with E-state index in [1.165, 1.54) is 28.6 Å². The molecule has 0 spiro atoms. The molecule has 1 aliphatic heterocycles. The van der Waals surface area contributed by atoms with E-state index in [2.05, 4.69) is 41.2 Å². The largest absolute Gasteiger partial charge is 0.338 e. The van der Waals surface area contributed by atoms with Gasteiger partial charge in [0, 0.05) is 12.6 Å². The summed E-state index contributed by atoms with van der Waals surface area (Å²) < 4.78 is 14.9. The van der Waals surface area contributed by atoms with E-state index in [4.69, 9.17) is 0 Å². The highest BCUT2D eigenvalue weighted by Crippen LogP contribution is 2.52. The third-order valence-corrected chi connectivity index (χ3v) is 6.46. The number of carbonyl (C=O) groups is 1. The van der Waals surface area contributed by atoms with E-state index >= 15 is 0 Å². The molecule has 2 aromatic rings. The van der Waals surface area contributed by atoms with Crippen molar-refractivity contribution in [2.75, 3.05) is 12.3 Å². The van der Waals surface area contributed by atoms with E-state index in [1.54, 1.807) is 12.1 Å². The van der Waals surface area contributed by atoms with E-state index in [0.717, 1.165) is 25.8 Å². The number of thioether (sulfide) groups is 1. The lowest BCUT2D eigenvalue weighted by Gasteiger charge is -2.39. The molecule has 1 aromatic heterocycles. The highest BCUT2D eigenvalue weighted by atomic mass is 32.2. The second-order valence-electron chi connectivity index (χ2n) is 8.88. The van der Waals surface area contributed by atoms with Crippen molar-refractivity contribution < 1.29 is 9.18 Å². The average molecular weight is 390 g/mol. The van der Waals surface area contributed by atoms with Crippen LogP contribution in [0.4, 0.5) is 4.39 Å². The summed E-state index contributed by atoms with van der Waals surface area (Å²) in [5.74, 6) is 0.0540. The zero-order chi connectivity index (χ0) is 19.2. The fourth-order valence-electron chi connectivity index (χ4n) is 5.00. The Bertz CT molecular complexity index is 869. The van der Waals surface area contributed by atoms with Crippen LogP contribution in [0.15, 0.2) is 29.4 Å². The summed E-state index contributed by atoms with van der Waals surface area (Å²) in [6.07, 6.45) is 3.30. The maximum Gasteiger partial charge on any atom is 0.233 e. The van der Waals surface area contributed by atoms with Gasteiger partial charge in [-0.15, -0.1) is 5.10 Å². The molecule has 0 N–H and O–H groups in total. The smallest absolute Gasteiger partial charge is 0.233 e. The van der Waals surface area contributed by atoms with Crippen molar-refractivity contribution in [3.63, 3.8) is 0 Å². The Hall–Kier alpha value is -1.96. The first kappa shape index (κ1) is 18.4. The van der Waals surface area contributed by atoms with Crippen molar-refractivity contribution in [2.24, 2.45) is 10.8 Å². The van der Waals surface area contributed by atoms with E-state index in [9.17, 15) is 9.18 Å². The van der Waals surface area contributed by atoms with Gasteiger partial charge in [-0.1, -0.05) is 38.6 Å². The number of fused-ring (bicyclic) bond motifs is 2. The van der Waals surface area contributed by atoms with E-state index in [0.29, 0.717) is 16.9 Å². The van der Waals surface area contributed by atoms with Crippen molar-refractivity contribution in [3.05, 3.63) is 30.1 Å². The Morgan fingerprint density at radius 2 is 2.15 bits per heavy atom. The number of hydrogen-bond donors (Lipinski definition) is 0. The molecule has 1 aromatic carbocycles. The van der Waals surface area contributed by atoms with Gasteiger partial charge in [0.25, 0.3) is 0 Å². The van der Waals surface area contributed by atoms with E-state index in [-0.39, 0.29) is 28.3 Å². The summed E-state index contributed by atoms with van der Waals surface area (Å²) in [7, 11) is 0. The van der Waals surface area contributed by atoms with E-state index in [1.807, 2.05) is 0 Å². The molecule has 144 valence electrons. The highest BCUT2D eigenvalue weighted by molar-refractivity contribution is 7.99. The first-order valence-electron chi connectivity index (χ1n) is 9.21. The molecule has 1 saturated heterocycles. The molecule has 0 radical (unpaired) electrons. The van der Waals surface area contributed by atoms with Gasteiger partial charge in [0.1, 0.15) is 5.82 Å². The highest BCUT2D eigenvalue weighted by Gasteiger charge is 2.50. The summed E-state index contributed by atoms with van der Waals surface area (Å²) >= 11 is 1.30. The zero-order valence-electron chi connectivity index (χ0n) is 15.9. The molecule has 2 fully saturated rings. The van der Waals surface area contributed by atoms with Crippen LogP contribution in [0.5, 0.6) is 0 Å². The second-order valence-corrected chi connectivity index (χ2v) is 9.82. The first-order chi connectivity index (χ1) is 12.7. The predicted octanol–water partition coefficient (Wildman–Crippen LogP) is 3.32. The van der Waals surface area contributed by atoms with Crippen LogP contribution in [0.1, 0.15) is 40.0 Å². The van der Waals surface area contributed by atoms with Crippen LogP contribution in [0.25, 0.3) is 5.69 Å². The number of nitrogens with zero attached hydrogens (tertiary/aromatic N) is 5. The molecule has 8 heteroatoms. The molecule has 6 nitrogen and oxygen atoms in total. The minimum atomic E-state index is -0.352. The van der Waals surface area contributed by atoms with Crippen molar-refractivity contribution in [2.45, 2.75) is 51.2 Å². The summed E-state index contributed by atoms with van der Waals surface area (Å²) in [6, 6.07) is 6.41. The standard InChI is InChI=1S/C19H24FN5OS/c1-18(2)8-15-9-19(3,11-18)12-24(15)16(26)10-27-17-21-22-23-25(17)14-6-4-5-13(20)7-14/h4-7,15H,8-12H2,1-3H3/t15-,19-/m1/s1. The Balaban J connectivity index is 1.45. The van der Waals surface area contributed by atoms with Gasteiger partial charge in [-0.3, -0.25) is 4.79 Å². The van der Waals surface area contributed by atoms with Gasteiger partial charge in [0.15, 0.2) is 0 Å². The van der Waals surface area contributed by atoms with Gasteiger partial charge in [-0.25, -0.2) is 4.39 Å². The van der Waals surface area contributed by atoms with E-state index < -0.39 is 0 Å². The molecule has 2 bridgehead atoms. The molecule has 2 aliphatic rings. The van der Waals surface area contributed by atoms with Gasteiger partial charge in [-0.05, 0) is 58.7 Å². The first-order valence-corrected chi connectivity index (χ1v) is 10.2. The number of amides is 1. The molecule has 1 aliphatic carbocycles. The summed E-state index contributed by atoms with van der Waals surface area (Å²) in [5, 5.41) is 12.1. The molecular weight excluding hydrogens is 365 g/mol. The quantitative estimate of drug-likeness (QED) is 0.751. The Morgan fingerprint density at radius 3 is 2.93 bits per heavy atom. The molecule has 27 heavy (non-hydrogen) atoms. The summed E-state index contributed by atoms with van der Waals surface area (Å²) in [4.78, 5) is 15.0. The minimum absolute atomic E-state index is 0.125. The van der Waals surface area contributed by atoms with Gasteiger partial charge in [0.05, 0.1) is 11.4 Å². The Labute approximate surface area is 162 Å². The fourth-order valence-corrected chi connectivity index (χ4v) is 5.78. The molecular formula is C19H24FN5OS. The third kappa shape index (κ3) is 3.72. The van der Waals surface area contributed by atoms with Crippen LogP contribution in [0.2, 0.25) is 0 Å². The number of aromatic nitrogens is 4. The monoisotopic (exact) mass is 389 g/mol. The van der Waals surface area contributed by atoms with Crippen LogP contribution in [-0.2, 0) is 4.79 Å². The molecule has 2 heterocycles. The van der Waals surface area contributed by atoms with Crippen molar-refractivity contribution >= 4 is 17.7 Å². The molecule has 2 atom stereocenters. The van der Waals surface area contributed by atoms with Crippen molar-refractivity contribution in [1.29, 1.82) is 0 Å². The van der Waals surface area contributed by atoms with Crippen LogP contribution < -0.4 is 0 Å². The number of halogens is 1. The molecule has 1 saturated carbocycles. The summed E-state index contributed by atoms with van der Waals surface area (Å²) in [5.41, 5.74) is 1.04. The van der Waals surface area contributed by atoms with Gasteiger partial charge in [0.2, 0.25) is 11.1 Å². The lowest BCUT2D eigenvalue weighted by molar-refractivity contribution is -0.129. The number of likely N-dealkylation sites (tertiary alicyclic amines) is 1. The van der Waals surface area contributed by atoms with Gasteiger partial charge >= 0.3 is 0 Å². The molecule has 1 amide bonds. The average Bonchev–Trinajstić information content (AvgIpc) is 3.13. The van der Waals surface area contributed by atoms with Crippen molar-refractivity contribution in [1.82, 2.24) is 25.1 Å². The molecule has 0 unspecified atom stereocenters. The topological polar surface area (TPSA) is 63.9 Å². The second kappa shape index (κ2) is 6.58. The van der Waals surface area contributed by atoms with Crippen LogP contribution in [0, 0.1) is 16.6 Å². The van der Waals surface area contributed by atoms with Crippen LogP contribution in [-0.4, -0.2) is 49.4 Å². The number of tetrazole rings is 1.